The van der Waals surface area contributed by atoms with Crippen LogP contribution >= 0.6 is 0 Å². The molecular formula is C19H23NO. The van der Waals surface area contributed by atoms with Gasteiger partial charge in [-0.05, 0) is 35.6 Å². The average Bonchev–Trinajstić information content (AvgIpc) is 3.00. The molecule has 0 N–H and O–H groups in total. The Hall–Kier alpha value is -1.83. The lowest BCUT2D eigenvalue weighted by Gasteiger charge is -2.18. The van der Waals surface area contributed by atoms with Crippen LogP contribution in [0.25, 0.3) is 10.8 Å². The summed E-state index contributed by atoms with van der Waals surface area (Å²) in [4.78, 5) is 14.8. The molecule has 0 bridgehead atoms. The topological polar surface area (TPSA) is 20.3 Å². The van der Waals surface area contributed by atoms with Crippen LogP contribution in [0, 0.1) is 5.92 Å². The molecule has 0 saturated carbocycles. The summed E-state index contributed by atoms with van der Waals surface area (Å²) in [5.74, 6) is 0.898. The molecule has 1 aliphatic rings. The number of carbonyl (C=O) groups is 1. The summed E-state index contributed by atoms with van der Waals surface area (Å²) in [6.45, 7) is 4.08. The summed E-state index contributed by atoms with van der Waals surface area (Å²) in [6, 6.07) is 14.2. The molecular weight excluding hydrogens is 258 g/mol. The average molecular weight is 281 g/mol. The zero-order valence-corrected chi connectivity index (χ0v) is 12.7. The monoisotopic (exact) mass is 281 g/mol. The lowest BCUT2D eigenvalue weighted by molar-refractivity contribution is 0.0788. The third kappa shape index (κ3) is 2.94. The van der Waals surface area contributed by atoms with Crippen LogP contribution in [0.1, 0.15) is 43.0 Å². The van der Waals surface area contributed by atoms with Crippen LogP contribution in [0.15, 0.2) is 42.5 Å². The van der Waals surface area contributed by atoms with Crippen LogP contribution in [0.5, 0.6) is 0 Å². The molecule has 0 aromatic heterocycles. The van der Waals surface area contributed by atoms with E-state index < -0.39 is 0 Å². The molecule has 0 spiro atoms. The van der Waals surface area contributed by atoms with Gasteiger partial charge in [0.25, 0.3) is 5.91 Å². The fourth-order valence-corrected chi connectivity index (χ4v) is 3.33. The lowest BCUT2D eigenvalue weighted by Crippen LogP contribution is -2.28. The Kier molecular flexibility index (Phi) is 4.23. The van der Waals surface area contributed by atoms with Crippen LogP contribution in [0.3, 0.4) is 0 Å². The van der Waals surface area contributed by atoms with Gasteiger partial charge in [0.1, 0.15) is 0 Å². The minimum Gasteiger partial charge on any atom is -0.338 e. The minimum atomic E-state index is 0.200. The SMILES string of the molecule is CCCCC1CCN(C(=O)c2cccc3ccccc23)C1. The fourth-order valence-electron chi connectivity index (χ4n) is 3.33. The highest BCUT2D eigenvalue weighted by Gasteiger charge is 2.27. The standard InChI is InChI=1S/C19H23NO/c1-2-3-7-15-12-13-20(14-15)19(21)18-11-6-9-16-8-4-5-10-17(16)18/h4-6,8-11,15H,2-3,7,12-14H2,1H3. The predicted octanol–water partition coefficient (Wildman–Crippen LogP) is 4.49. The molecule has 1 amide bonds. The molecule has 2 heteroatoms. The second-order valence-corrected chi connectivity index (χ2v) is 6.07. The maximum atomic E-state index is 12.8. The maximum Gasteiger partial charge on any atom is 0.254 e. The van der Waals surface area contributed by atoms with Crippen molar-refractivity contribution in [2.45, 2.75) is 32.6 Å². The molecule has 1 heterocycles. The number of hydrogen-bond donors (Lipinski definition) is 0. The van der Waals surface area contributed by atoms with Gasteiger partial charge < -0.3 is 4.90 Å². The highest BCUT2D eigenvalue weighted by molar-refractivity contribution is 6.07. The molecule has 1 aliphatic heterocycles. The lowest BCUT2D eigenvalue weighted by atomic mass is 10.0. The molecule has 110 valence electrons. The Morgan fingerprint density at radius 1 is 1.19 bits per heavy atom. The van der Waals surface area contributed by atoms with E-state index in [1.807, 2.05) is 35.2 Å². The zero-order chi connectivity index (χ0) is 14.7. The summed E-state index contributed by atoms with van der Waals surface area (Å²) in [6.07, 6.45) is 4.95. The highest BCUT2D eigenvalue weighted by atomic mass is 16.2. The number of carbonyl (C=O) groups excluding carboxylic acids is 1. The van der Waals surface area contributed by atoms with Crippen molar-refractivity contribution in [1.29, 1.82) is 0 Å². The largest absolute Gasteiger partial charge is 0.338 e. The number of benzene rings is 2. The number of nitrogens with zero attached hydrogens (tertiary/aromatic N) is 1. The van der Waals surface area contributed by atoms with Crippen LogP contribution in [-0.2, 0) is 0 Å². The quantitative estimate of drug-likeness (QED) is 0.808. The second kappa shape index (κ2) is 6.30. The summed E-state index contributed by atoms with van der Waals surface area (Å²) in [7, 11) is 0. The fraction of sp³-hybridized carbons (Fsp3) is 0.421. The van der Waals surface area contributed by atoms with Gasteiger partial charge in [-0.1, -0.05) is 56.2 Å². The van der Waals surface area contributed by atoms with Gasteiger partial charge in [0, 0.05) is 18.7 Å². The maximum absolute atomic E-state index is 12.8. The van der Waals surface area contributed by atoms with Crippen LogP contribution < -0.4 is 0 Å². The Morgan fingerprint density at radius 2 is 2.00 bits per heavy atom. The van der Waals surface area contributed by atoms with Crippen molar-refractivity contribution in [1.82, 2.24) is 4.90 Å². The molecule has 1 fully saturated rings. The molecule has 0 radical (unpaired) electrons. The van der Waals surface area contributed by atoms with E-state index in [0.717, 1.165) is 35.8 Å². The molecule has 1 unspecified atom stereocenters. The van der Waals surface area contributed by atoms with Crippen molar-refractivity contribution >= 4 is 16.7 Å². The third-order valence-electron chi connectivity index (χ3n) is 4.56. The van der Waals surface area contributed by atoms with Gasteiger partial charge in [-0.15, -0.1) is 0 Å². The first-order valence-electron chi connectivity index (χ1n) is 8.06. The Balaban J connectivity index is 1.79. The van der Waals surface area contributed by atoms with Crippen molar-refractivity contribution < 1.29 is 4.79 Å². The molecule has 2 aromatic carbocycles. The van der Waals surface area contributed by atoms with Crippen molar-refractivity contribution in [3.8, 4) is 0 Å². The molecule has 3 rings (SSSR count). The molecule has 1 atom stereocenters. The number of unbranched alkanes of at least 4 members (excludes halogenated alkanes) is 1. The smallest absolute Gasteiger partial charge is 0.254 e. The van der Waals surface area contributed by atoms with E-state index >= 15 is 0 Å². The Labute approximate surface area is 126 Å². The van der Waals surface area contributed by atoms with E-state index in [1.54, 1.807) is 0 Å². The molecule has 2 nitrogen and oxygen atoms in total. The first-order chi connectivity index (χ1) is 10.3. The normalized spacial score (nSPS) is 18.3. The summed E-state index contributed by atoms with van der Waals surface area (Å²) < 4.78 is 0. The summed E-state index contributed by atoms with van der Waals surface area (Å²) in [5, 5.41) is 2.21. The van der Waals surface area contributed by atoms with Crippen molar-refractivity contribution in [3.63, 3.8) is 0 Å². The summed E-state index contributed by atoms with van der Waals surface area (Å²) in [5.41, 5.74) is 0.851. The number of amides is 1. The van der Waals surface area contributed by atoms with E-state index in [4.69, 9.17) is 0 Å². The van der Waals surface area contributed by atoms with Gasteiger partial charge in [-0.2, -0.15) is 0 Å². The second-order valence-electron chi connectivity index (χ2n) is 6.07. The van der Waals surface area contributed by atoms with Crippen molar-refractivity contribution in [2.75, 3.05) is 13.1 Å². The minimum absolute atomic E-state index is 0.200. The van der Waals surface area contributed by atoms with Crippen LogP contribution in [0.4, 0.5) is 0 Å². The van der Waals surface area contributed by atoms with Gasteiger partial charge in [0.05, 0.1) is 0 Å². The number of rotatable bonds is 4. The molecule has 0 aliphatic carbocycles. The first kappa shape index (κ1) is 14.1. The van der Waals surface area contributed by atoms with Crippen LogP contribution in [0.2, 0.25) is 0 Å². The van der Waals surface area contributed by atoms with E-state index in [9.17, 15) is 4.79 Å². The molecule has 21 heavy (non-hydrogen) atoms. The van der Waals surface area contributed by atoms with Crippen LogP contribution in [-0.4, -0.2) is 23.9 Å². The van der Waals surface area contributed by atoms with Gasteiger partial charge in [0.15, 0.2) is 0 Å². The molecule has 1 saturated heterocycles. The zero-order valence-electron chi connectivity index (χ0n) is 12.7. The summed E-state index contributed by atoms with van der Waals surface area (Å²) >= 11 is 0. The predicted molar refractivity (Wildman–Crippen MR) is 87.5 cm³/mol. The van der Waals surface area contributed by atoms with Gasteiger partial charge in [0.2, 0.25) is 0 Å². The van der Waals surface area contributed by atoms with Gasteiger partial charge in [-0.25, -0.2) is 0 Å². The van der Waals surface area contributed by atoms with Gasteiger partial charge in [-0.3, -0.25) is 4.79 Å². The highest BCUT2D eigenvalue weighted by Crippen LogP contribution is 2.26. The van der Waals surface area contributed by atoms with E-state index in [-0.39, 0.29) is 5.91 Å². The number of likely N-dealkylation sites (tertiary alicyclic amines) is 1. The molecule has 2 aromatic rings. The van der Waals surface area contributed by atoms with E-state index in [2.05, 4.69) is 19.1 Å². The first-order valence-corrected chi connectivity index (χ1v) is 8.06. The number of fused-ring (bicyclic) bond motifs is 1. The van der Waals surface area contributed by atoms with Crippen molar-refractivity contribution in [3.05, 3.63) is 48.0 Å². The van der Waals surface area contributed by atoms with Gasteiger partial charge >= 0.3 is 0 Å². The van der Waals surface area contributed by atoms with E-state index in [0.29, 0.717) is 5.92 Å². The number of hydrogen-bond acceptors (Lipinski definition) is 1. The Morgan fingerprint density at radius 3 is 2.86 bits per heavy atom. The third-order valence-corrected chi connectivity index (χ3v) is 4.56. The van der Waals surface area contributed by atoms with Crippen molar-refractivity contribution in [2.24, 2.45) is 5.92 Å². The Bertz CT molecular complexity index is 629. The van der Waals surface area contributed by atoms with E-state index in [1.165, 1.54) is 19.3 Å².